The van der Waals surface area contributed by atoms with Crippen LogP contribution >= 0.6 is 0 Å². The summed E-state index contributed by atoms with van der Waals surface area (Å²) in [6.45, 7) is 17.3. The second-order valence-electron chi connectivity index (χ2n) is 13.2. The lowest BCUT2D eigenvalue weighted by atomic mass is 9.66. The van der Waals surface area contributed by atoms with Crippen molar-refractivity contribution < 1.29 is 0 Å². The Morgan fingerprint density at radius 1 is 0.688 bits per heavy atom. The summed E-state index contributed by atoms with van der Waals surface area (Å²) in [4.78, 5) is 0. The molecule has 0 radical (unpaired) electrons. The van der Waals surface area contributed by atoms with E-state index in [1.165, 1.54) is 72.4 Å². The van der Waals surface area contributed by atoms with Crippen molar-refractivity contribution in [1.29, 1.82) is 0 Å². The zero-order valence-electron chi connectivity index (χ0n) is 29.5. The Hall–Kier alpha value is -4.94. The Labute approximate surface area is 289 Å². The molecule has 4 aromatic carbocycles. The summed E-state index contributed by atoms with van der Waals surface area (Å²) in [5.74, 6) is 0. The van der Waals surface area contributed by atoms with Crippen LogP contribution < -0.4 is 0 Å². The minimum absolute atomic E-state index is 0.353. The van der Waals surface area contributed by atoms with E-state index in [4.69, 9.17) is 0 Å². The van der Waals surface area contributed by atoms with Crippen LogP contribution in [0.25, 0.3) is 11.1 Å². The first-order valence-corrected chi connectivity index (χ1v) is 17.5. The first-order valence-electron chi connectivity index (χ1n) is 17.5. The number of rotatable bonds is 9. The third-order valence-electron chi connectivity index (χ3n) is 10.3. The van der Waals surface area contributed by atoms with Gasteiger partial charge < -0.3 is 0 Å². The molecular formula is C48H48. The summed E-state index contributed by atoms with van der Waals surface area (Å²) in [6, 6.07) is 34.6. The molecule has 0 N–H and O–H groups in total. The van der Waals surface area contributed by atoms with Gasteiger partial charge in [0.05, 0.1) is 10.8 Å². The highest BCUT2D eigenvalue weighted by molar-refractivity contribution is 5.91. The fraction of sp³-hybridized carbons (Fsp3) is 0.208. The maximum atomic E-state index is 3.91. The Kier molecular flexibility index (Phi) is 9.38. The van der Waals surface area contributed by atoms with Crippen molar-refractivity contribution in [3.05, 3.63) is 213 Å². The highest BCUT2D eigenvalue weighted by Gasteiger charge is 2.53. The van der Waals surface area contributed by atoms with Gasteiger partial charge in [0.1, 0.15) is 0 Å². The minimum atomic E-state index is -0.520. The van der Waals surface area contributed by atoms with Gasteiger partial charge in [-0.2, -0.15) is 0 Å². The quantitative estimate of drug-likeness (QED) is 0.128. The van der Waals surface area contributed by atoms with Crippen LogP contribution in [-0.4, -0.2) is 0 Å². The monoisotopic (exact) mass is 624 g/mol. The lowest BCUT2D eigenvalue weighted by Crippen LogP contribution is -2.29. The van der Waals surface area contributed by atoms with Crippen molar-refractivity contribution in [2.75, 3.05) is 0 Å². The van der Waals surface area contributed by atoms with Crippen molar-refractivity contribution in [2.45, 2.75) is 65.2 Å². The fourth-order valence-electron chi connectivity index (χ4n) is 8.25. The first-order chi connectivity index (χ1) is 23.4. The molecule has 4 aromatic rings. The molecule has 0 nitrogen and oxygen atoms in total. The van der Waals surface area contributed by atoms with Crippen LogP contribution in [0.2, 0.25) is 0 Å². The molecule has 0 heterocycles. The number of hydrogen-bond acceptors (Lipinski definition) is 0. The van der Waals surface area contributed by atoms with Gasteiger partial charge >= 0.3 is 0 Å². The van der Waals surface area contributed by atoms with Crippen LogP contribution in [0.5, 0.6) is 0 Å². The van der Waals surface area contributed by atoms with Crippen molar-refractivity contribution in [3.63, 3.8) is 0 Å². The second-order valence-corrected chi connectivity index (χ2v) is 13.2. The van der Waals surface area contributed by atoms with Crippen molar-refractivity contribution >= 4 is 0 Å². The Morgan fingerprint density at radius 3 is 2.12 bits per heavy atom. The number of allylic oxidation sites excluding steroid dienone is 13. The molecule has 0 aromatic heterocycles. The molecule has 6 rings (SSSR count). The topological polar surface area (TPSA) is 0 Å². The molecule has 0 saturated carbocycles. The van der Waals surface area contributed by atoms with Crippen molar-refractivity contribution in [1.82, 2.24) is 0 Å². The van der Waals surface area contributed by atoms with E-state index >= 15 is 0 Å². The lowest BCUT2D eigenvalue weighted by molar-refractivity contribution is 0.764. The first kappa shape index (κ1) is 33.0. The Morgan fingerprint density at radius 2 is 1.42 bits per heavy atom. The van der Waals surface area contributed by atoms with Gasteiger partial charge in [0, 0.05) is 0 Å². The van der Waals surface area contributed by atoms with Crippen molar-refractivity contribution in [3.8, 4) is 11.1 Å². The maximum absolute atomic E-state index is 3.91. The molecule has 0 fully saturated rings. The van der Waals surface area contributed by atoms with Gasteiger partial charge in [-0.05, 0) is 108 Å². The van der Waals surface area contributed by atoms with Gasteiger partial charge in [-0.3, -0.25) is 0 Å². The van der Waals surface area contributed by atoms with Gasteiger partial charge in [0.25, 0.3) is 0 Å². The molecule has 2 unspecified atom stereocenters. The maximum Gasteiger partial charge on any atom is 0.0718 e. The lowest BCUT2D eigenvalue weighted by Gasteiger charge is -2.35. The predicted octanol–water partition coefficient (Wildman–Crippen LogP) is 12.8. The number of benzene rings is 4. The van der Waals surface area contributed by atoms with Crippen LogP contribution in [0.1, 0.15) is 79.5 Å². The average Bonchev–Trinajstić information content (AvgIpc) is 3.52. The molecule has 0 saturated heterocycles. The summed E-state index contributed by atoms with van der Waals surface area (Å²) in [7, 11) is 0. The van der Waals surface area contributed by atoms with Crippen LogP contribution in [-0.2, 0) is 10.8 Å². The van der Waals surface area contributed by atoms with E-state index < -0.39 is 5.41 Å². The molecule has 0 bridgehead atoms. The smallest absolute Gasteiger partial charge is 0.0718 e. The van der Waals surface area contributed by atoms with Crippen LogP contribution in [0, 0.1) is 13.8 Å². The van der Waals surface area contributed by atoms with Crippen LogP contribution in [0.3, 0.4) is 0 Å². The Balaban J connectivity index is 1.72. The second kappa shape index (κ2) is 13.7. The molecule has 48 heavy (non-hydrogen) atoms. The summed E-state index contributed by atoms with van der Waals surface area (Å²) >= 11 is 0. The molecule has 2 atom stereocenters. The number of aryl methyl sites for hydroxylation is 2. The van der Waals surface area contributed by atoms with Gasteiger partial charge in [0.2, 0.25) is 0 Å². The fourth-order valence-corrected chi connectivity index (χ4v) is 8.25. The summed E-state index contributed by atoms with van der Waals surface area (Å²) in [5.41, 5.74) is 16.3. The Bertz CT molecular complexity index is 2030. The molecular weight excluding hydrogens is 577 g/mol. The number of fused-ring (bicyclic) bond motifs is 5. The van der Waals surface area contributed by atoms with E-state index in [-0.39, 0.29) is 5.41 Å². The van der Waals surface area contributed by atoms with Gasteiger partial charge in [-0.15, -0.1) is 0 Å². The molecule has 0 aliphatic heterocycles. The van der Waals surface area contributed by atoms with E-state index in [2.05, 4.69) is 182 Å². The molecule has 0 amide bonds. The van der Waals surface area contributed by atoms with E-state index in [0.717, 1.165) is 12.8 Å². The molecule has 240 valence electrons. The predicted molar refractivity (Wildman–Crippen MR) is 208 cm³/mol. The molecule has 0 heteroatoms. The highest BCUT2D eigenvalue weighted by atomic mass is 14.5. The third-order valence-corrected chi connectivity index (χ3v) is 10.3. The van der Waals surface area contributed by atoms with Crippen molar-refractivity contribution in [2.24, 2.45) is 0 Å². The average molecular weight is 625 g/mol. The molecule has 2 aliphatic carbocycles. The summed E-state index contributed by atoms with van der Waals surface area (Å²) in [5, 5.41) is 0. The van der Waals surface area contributed by atoms with E-state index in [9.17, 15) is 0 Å². The standard InChI is InChI=1S/C48H48/c1-8-12-14-17-31-47(37-27-25-34(5)26-28-37,38-21-18-20-35(6)32-38)39-29-30-46-42(33-39)41-22-15-16-24-45(41)48(46)43(11-4)40(19-10-3)36(7)44(48)23-13-9-2/h8,11-33H,1,9-10H2,2-7H3/b14-12-,23-13-,31-17-,40-19-,43-11+. The summed E-state index contributed by atoms with van der Waals surface area (Å²) < 4.78 is 0. The van der Waals surface area contributed by atoms with Gasteiger partial charge in [-0.1, -0.05) is 171 Å². The normalized spacial score (nSPS) is 20.1. The van der Waals surface area contributed by atoms with E-state index in [0.29, 0.717) is 0 Å². The van der Waals surface area contributed by atoms with Gasteiger partial charge in [-0.25, -0.2) is 0 Å². The minimum Gasteiger partial charge on any atom is -0.0991 e. The van der Waals surface area contributed by atoms with Crippen LogP contribution in [0.4, 0.5) is 0 Å². The zero-order chi connectivity index (χ0) is 33.9. The highest BCUT2D eigenvalue weighted by Crippen LogP contribution is 2.63. The summed E-state index contributed by atoms with van der Waals surface area (Å²) in [6.07, 6.45) is 22.0. The van der Waals surface area contributed by atoms with E-state index in [1.807, 2.05) is 12.2 Å². The SMILES string of the molecule is C=C/C=C\C=C/C(c1ccc(C)cc1)(c1cccc(C)c1)c1ccc2c(c1)-c1ccccc1C21C(/C=C\CC)=C(C)C(=C/CC)/C1=C\C. The zero-order valence-corrected chi connectivity index (χ0v) is 29.5. The third kappa shape index (κ3) is 5.15. The van der Waals surface area contributed by atoms with Crippen LogP contribution in [0.15, 0.2) is 175 Å². The molecule has 2 aliphatic rings. The van der Waals surface area contributed by atoms with E-state index in [1.54, 1.807) is 0 Å². The number of hydrogen-bond donors (Lipinski definition) is 0. The molecule has 1 spiro atoms. The van der Waals surface area contributed by atoms with Gasteiger partial charge in [0.15, 0.2) is 0 Å². The largest absolute Gasteiger partial charge is 0.0991 e.